The SMILES string of the molecule is Clc1cc2[nH]c(-c3c(Cl)cccc3Cl)nc2nc1Cl. The van der Waals surface area contributed by atoms with Crippen molar-refractivity contribution in [2.75, 3.05) is 0 Å². The lowest BCUT2D eigenvalue weighted by Crippen LogP contribution is -1.83. The Morgan fingerprint density at radius 1 is 0.895 bits per heavy atom. The van der Waals surface area contributed by atoms with Crippen molar-refractivity contribution >= 4 is 57.6 Å². The number of fused-ring (bicyclic) bond motifs is 1. The normalized spacial score (nSPS) is 11.2. The predicted octanol–water partition coefficient (Wildman–Crippen LogP) is 5.24. The summed E-state index contributed by atoms with van der Waals surface area (Å²) in [5.41, 5.74) is 1.75. The number of nitrogens with zero attached hydrogens (tertiary/aromatic N) is 2. The van der Waals surface area contributed by atoms with Crippen molar-refractivity contribution in [3.05, 3.63) is 44.5 Å². The van der Waals surface area contributed by atoms with Gasteiger partial charge in [-0.1, -0.05) is 52.5 Å². The highest BCUT2D eigenvalue weighted by atomic mass is 35.5. The summed E-state index contributed by atoms with van der Waals surface area (Å²) in [6.07, 6.45) is 0. The third-order valence-corrected chi connectivity index (χ3v) is 3.89. The Morgan fingerprint density at radius 3 is 2.26 bits per heavy atom. The molecule has 1 aromatic carbocycles. The fourth-order valence-corrected chi connectivity index (χ4v) is 2.60. The van der Waals surface area contributed by atoms with Crippen LogP contribution >= 0.6 is 46.4 Å². The molecule has 96 valence electrons. The van der Waals surface area contributed by atoms with Gasteiger partial charge in [-0.3, -0.25) is 0 Å². The molecule has 3 rings (SSSR count). The Balaban J connectivity index is 2.26. The average Bonchev–Trinajstić information content (AvgIpc) is 2.72. The number of halogens is 4. The highest BCUT2D eigenvalue weighted by Gasteiger charge is 2.14. The lowest BCUT2D eigenvalue weighted by molar-refractivity contribution is 1.30. The molecule has 0 amide bonds. The molecule has 1 N–H and O–H groups in total. The van der Waals surface area contributed by atoms with Crippen molar-refractivity contribution in [2.24, 2.45) is 0 Å². The first kappa shape index (κ1) is 13.0. The predicted molar refractivity (Wildman–Crippen MR) is 79.4 cm³/mol. The van der Waals surface area contributed by atoms with Gasteiger partial charge in [-0.05, 0) is 18.2 Å². The molecule has 0 aliphatic rings. The van der Waals surface area contributed by atoms with Crippen LogP contribution in [0.5, 0.6) is 0 Å². The molecule has 0 saturated carbocycles. The second kappa shape index (κ2) is 4.84. The summed E-state index contributed by atoms with van der Waals surface area (Å²) in [6, 6.07) is 6.91. The monoisotopic (exact) mass is 331 g/mol. The van der Waals surface area contributed by atoms with Gasteiger partial charge in [0.25, 0.3) is 0 Å². The second-order valence-corrected chi connectivity index (χ2v) is 5.39. The molecule has 0 radical (unpaired) electrons. The van der Waals surface area contributed by atoms with E-state index in [1.165, 1.54) is 0 Å². The summed E-state index contributed by atoms with van der Waals surface area (Å²) in [7, 11) is 0. The van der Waals surface area contributed by atoms with E-state index in [4.69, 9.17) is 46.4 Å². The van der Waals surface area contributed by atoms with E-state index in [1.807, 2.05) is 0 Å². The van der Waals surface area contributed by atoms with Crippen LogP contribution in [-0.4, -0.2) is 15.0 Å². The molecule has 0 atom stereocenters. The number of benzene rings is 1. The number of rotatable bonds is 1. The zero-order valence-corrected chi connectivity index (χ0v) is 12.2. The van der Waals surface area contributed by atoms with Gasteiger partial charge in [-0.15, -0.1) is 0 Å². The zero-order valence-electron chi connectivity index (χ0n) is 9.22. The fourth-order valence-electron chi connectivity index (χ4n) is 1.74. The van der Waals surface area contributed by atoms with Crippen LogP contribution in [0.25, 0.3) is 22.6 Å². The van der Waals surface area contributed by atoms with Gasteiger partial charge >= 0.3 is 0 Å². The molecular weight excluding hydrogens is 328 g/mol. The maximum absolute atomic E-state index is 6.14. The minimum Gasteiger partial charge on any atom is -0.336 e. The smallest absolute Gasteiger partial charge is 0.179 e. The summed E-state index contributed by atoms with van der Waals surface area (Å²) in [4.78, 5) is 11.5. The molecule has 0 bridgehead atoms. The first-order chi connectivity index (χ1) is 9.06. The number of nitrogens with one attached hydrogen (secondary N) is 1. The van der Waals surface area contributed by atoms with Crippen LogP contribution < -0.4 is 0 Å². The summed E-state index contributed by atoms with van der Waals surface area (Å²) in [5.74, 6) is 0.524. The van der Waals surface area contributed by atoms with Crippen molar-refractivity contribution in [3.63, 3.8) is 0 Å². The van der Waals surface area contributed by atoms with E-state index in [1.54, 1.807) is 24.3 Å². The van der Waals surface area contributed by atoms with Gasteiger partial charge in [-0.2, -0.15) is 0 Å². The van der Waals surface area contributed by atoms with Gasteiger partial charge in [0, 0.05) is 0 Å². The lowest BCUT2D eigenvalue weighted by atomic mass is 10.2. The molecule has 0 aliphatic carbocycles. The van der Waals surface area contributed by atoms with E-state index in [0.717, 1.165) is 0 Å². The highest BCUT2D eigenvalue weighted by Crippen LogP contribution is 2.34. The standard InChI is InChI=1S/C12H5Cl4N3/c13-5-2-1-3-6(14)9(5)12-17-8-4-7(15)10(16)18-11(8)19-12/h1-4H,(H,17,18,19). The van der Waals surface area contributed by atoms with Crippen molar-refractivity contribution in [3.8, 4) is 11.4 Å². The Morgan fingerprint density at radius 2 is 1.58 bits per heavy atom. The van der Waals surface area contributed by atoms with E-state index in [2.05, 4.69) is 15.0 Å². The van der Waals surface area contributed by atoms with Gasteiger partial charge in [0.1, 0.15) is 11.0 Å². The molecule has 7 heteroatoms. The molecule has 0 spiro atoms. The molecule has 19 heavy (non-hydrogen) atoms. The number of hydrogen-bond acceptors (Lipinski definition) is 2. The van der Waals surface area contributed by atoms with Gasteiger partial charge < -0.3 is 4.98 Å². The van der Waals surface area contributed by atoms with E-state index >= 15 is 0 Å². The number of aromatic amines is 1. The van der Waals surface area contributed by atoms with Crippen molar-refractivity contribution in [1.82, 2.24) is 15.0 Å². The van der Waals surface area contributed by atoms with E-state index in [0.29, 0.717) is 37.6 Å². The first-order valence-corrected chi connectivity index (χ1v) is 6.73. The maximum Gasteiger partial charge on any atom is 0.179 e. The Hall–Kier alpha value is -1.00. The van der Waals surface area contributed by atoms with Crippen molar-refractivity contribution in [1.29, 1.82) is 0 Å². The summed E-state index contributed by atoms with van der Waals surface area (Å²) >= 11 is 24.0. The molecule has 2 heterocycles. The quantitative estimate of drug-likeness (QED) is 0.619. The van der Waals surface area contributed by atoms with Gasteiger partial charge in [-0.25, -0.2) is 9.97 Å². The van der Waals surface area contributed by atoms with Crippen LogP contribution in [0, 0.1) is 0 Å². The highest BCUT2D eigenvalue weighted by molar-refractivity contribution is 6.41. The van der Waals surface area contributed by atoms with Crippen molar-refractivity contribution < 1.29 is 0 Å². The number of H-pyrrole nitrogens is 1. The van der Waals surface area contributed by atoms with Crippen LogP contribution in [0.15, 0.2) is 24.3 Å². The van der Waals surface area contributed by atoms with Crippen LogP contribution in [-0.2, 0) is 0 Å². The van der Waals surface area contributed by atoms with E-state index in [-0.39, 0.29) is 5.15 Å². The van der Waals surface area contributed by atoms with E-state index < -0.39 is 0 Å². The molecule has 0 aliphatic heterocycles. The molecule has 2 aromatic heterocycles. The van der Waals surface area contributed by atoms with Crippen LogP contribution in [0.2, 0.25) is 20.2 Å². The fraction of sp³-hybridized carbons (Fsp3) is 0. The Kier molecular flexibility index (Phi) is 3.31. The summed E-state index contributed by atoms with van der Waals surface area (Å²) in [5, 5.41) is 1.57. The average molecular weight is 333 g/mol. The van der Waals surface area contributed by atoms with Crippen LogP contribution in [0.4, 0.5) is 0 Å². The topological polar surface area (TPSA) is 41.6 Å². The maximum atomic E-state index is 6.14. The Labute approximate surface area is 128 Å². The number of pyridine rings is 1. The third-order valence-electron chi connectivity index (χ3n) is 2.58. The molecule has 0 fully saturated rings. The molecule has 0 unspecified atom stereocenters. The van der Waals surface area contributed by atoms with Crippen molar-refractivity contribution in [2.45, 2.75) is 0 Å². The first-order valence-electron chi connectivity index (χ1n) is 5.22. The molecule has 3 nitrogen and oxygen atoms in total. The molecule has 0 saturated heterocycles. The number of hydrogen-bond donors (Lipinski definition) is 1. The minimum atomic E-state index is 0.206. The lowest BCUT2D eigenvalue weighted by Gasteiger charge is -2.02. The molecule has 3 aromatic rings. The number of aromatic nitrogens is 3. The molecular formula is C12H5Cl4N3. The summed E-state index contributed by atoms with van der Waals surface area (Å²) < 4.78 is 0. The Bertz CT molecular complexity index is 723. The number of imidazole rings is 1. The summed E-state index contributed by atoms with van der Waals surface area (Å²) in [6.45, 7) is 0. The largest absolute Gasteiger partial charge is 0.336 e. The second-order valence-electron chi connectivity index (χ2n) is 3.81. The van der Waals surface area contributed by atoms with Crippen LogP contribution in [0.1, 0.15) is 0 Å². The van der Waals surface area contributed by atoms with Gasteiger partial charge in [0.2, 0.25) is 0 Å². The van der Waals surface area contributed by atoms with Gasteiger partial charge in [0.15, 0.2) is 5.65 Å². The van der Waals surface area contributed by atoms with Crippen LogP contribution in [0.3, 0.4) is 0 Å². The van der Waals surface area contributed by atoms with E-state index in [9.17, 15) is 0 Å². The minimum absolute atomic E-state index is 0.206. The van der Waals surface area contributed by atoms with Gasteiger partial charge in [0.05, 0.1) is 26.1 Å². The third kappa shape index (κ3) is 2.28. The zero-order chi connectivity index (χ0) is 13.6.